The lowest BCUT2D eigenvalue weighted by Crippen LogP contribution is -2.27. The first-order chi connectivity index (χ1) is 14.4. The van der Waals surface area contributed by atoms with Gasteiger partial charge in [0, 0.05) is 16.1 Å². The van der Waals surface area contributed by atoms with Crippen molar-refractivity contribution in [2.24, 2.45) is 5.73 Å². The van der Waals surface area contributed by atoms with Crippen LogP contribution < -0.4 is 16.0 Å². The van der Waals surface area contributed by atoms with Crippen LogP contribution in [0, 0.1) is 25.2 Å². The number of nitrogens with two attached hydrogens (primary N) is 1. The van der Waals surface area contributed by atoms with Crippen molar-refractivity contribution in [1.82, 2.24) is 9.97 Å². The van der Waals surface area contributed by atoms with Crippen LogP contribution in [0.5, 0.6) is 5.75 Å². The topological polar surface area (TPSA) is 105 Å². The molecule has 1 aliphatic rings. The zero-order valence-electron chi connectivity index (χ0n) is 16.0. The van der Waals surface area contributed by atoms with Crippen LogP contribution in [0.3, 0.4) is 0 Å². The summed E-state index contributed by atoms with van der Waals surface area (Å²) in [6, 6.07) is 11.1. The van der Waals surface area contributed by atoms with E-state index >= 15 is 0 Å². The first-order valence-corrected chi connectivity index (χ1v) is 10.4. The van der Waals surface area contributed by atoms with Crippen molar-refractivity contribution in [3.8, 4) is 11.8 Å². The van der Waals surface area contributed by atoms with Crippen molar-refractivity contribution in [2.75, 3.05) is 0 Å². The number of hydrogen-bond acceptors (Lipinski definition) is 6. The molecule has 0 unspecified atom stereocenters. The third-order valence-corrected chi connectivity index (χ3v) is 6.60. The van der Waals surface area contributed by atoms with E-state index in [1.807, 2.05) is 26.0 Å². The number of rotatable bonds is 1. The second-order valence-electron chi connectivity index (χ2n) is 7.24. The molecule has 0 aliphatic carbocycles. The SMILES string of the molecule is Cc1cc(C)c2c(n1)sc1c3c(c(=O)[nH]c12)[C@@H](c1cccc(Cl)c1)C(C#N)=C(N)O3. The summed E-state index contributed by atoms with van der Waals surface area (Å²) in [6.45, 7) is 3.92. The number of nitrogens with zero attached hydrogens (tertiary/aromatic N) is 2. The van der Waals surface area contributed by atoms with Crippen LogP contribution in [0.15, 0.2) is 46.6 Å². The van der Waals surface area contributed by atoms with Gasteiger partial charge < -0.3 is 15.5 Å². The molecule has 0 spiro atoms. The minimum Gasteiger partial charge on any atom is -0.438 e. The molecule has 0 radical (unpaired) electrons. The highest BCUT2D eigenvalue weighted by molar-refractivity contribution is 7.25. The number of aryl methyl sites for hydroxylation is 2. The van der Waals surface area contributed by atoms with E-state index in [1.165, 1.54) is 11.3 Å². The smallest absolute Gasteiger partial charge is 0.256 e. The maximum absolute atomic E-state index is 13.3. The molecular formula is C22H15ClN4O2S. The number of allylic oxidation sites excluding steroid dienone is 1. The standard InChI is InChI=1S/C22H15ClN4O2S/c1-9-6-10(2)26-22-14(9)17-19(30-22)18-16(21(28)27-17)15(13(8-24)20(25)29-18)11-4-3-5-12(23)7-11/h3-7,15H,25H2,1-2H3,(H,27,28)/t15-/m0/s1. The van der Waals surface area contributed by atoms with Crippen molar-refractivity contribution in [3.05, 3.63) is 79.5 Å². The fourth-order valence-electron chi connectivity index (χ4n) is 4.08. The van der Waals surface area contributed by atoms with Crippen molar-refractivity contribution >= 4 is 43.4 Å². The zero-order valence-corrected chi connectivity index (χ0v) is 17.6. The molecule has 0 fully saturated rings. The number of halogens is 1. The minimum absolute atomic E-state index is 0.0137. The summed E-state index contributed by atoms with van der Waals surface area (Å²) in [5.41, 5.74) is 9.61. The molecule has 148 valence electrons. The van der Waals surface area contributed by atoms with E-state index in [0.717, 1.165) is 26.2 Å². The van der Waals surface area contributed by atoms with Crippen LogP contribution in [0.4, 0.5) is 0 Å². The van der Waals surface area contributed by atoms with Crippen LogP contribution in [-0.4, -0.2) is 9.97 Å². The van der Waals surface area contributed by atoms with Gasteiger partial charge in [0.2, 0.25) is 5.88 Å². The van der Waals surface area contributed by atoms with Crippen LogP contribution >= 0.6 is 22.9 Å². The second kappa shape index (κ2) is 6.59. The summed E-state index contributed by atoms with van der Waals surface area (Å²) in [5, 5.41) is 11.1. The predicted octanol–water partition coefficient (Wildman–Crippen LogP) is 4.63. The van der Waals surface area contributed by atoms with E-state index in [9.17, 15) is 10.1 Å². The maximum atomic E-state index is 13.3. The second-order valence-corrected chi connectivity index (χ2v) is 8.68. The Labute approximate surface area is 180 Å². The predicted molar refractivity (Wildman–Crippen MR) is 118 cm³/mol. The van der Waals surface area contributed by atoms with E-state index in [2.05, 4.69) is 16.0 Å². The van der Waals surface area contributed by atoms with Gasteiger partial charge in [0.25, 0.3) is 5.56 Å². The minimum atomic E-state index is -0.674. The van der Waals surface area contributed by atoms with Gasteiger partial charge in [-0.2, -0.15) is 5.26 Å². The van der Waals surface area contributed by atoms with Gasteiger partial charge in [0.15, 0.2) is 5.75 Å². The Kier molecular flexibility index (Phi) is 4.10. The number of nitriles is 1. The fourth-order valence-corrected chi connectivity index (χ4v) is 5.53. The van der Waals surface area contributed by atoms with Crippen LogP contribution in [0.25, 0.3) is 20.4 Å². The molecular weight excluding hydrogens is 420 g/mol. The van der Waals surface area contributed by atoms with Crippen molar-refractivity contribution in [3.63, 3.8) is 0 Å². The first kappa shape index (κ1) is 18.7. The largest absolute Gasteiger partial charge is 0.438 e. The molecule has 0 saturated carbocycles. The van der Waals surface area contributed by atoms with Crippen molar-refractivity contribution in [1.29, 1.82) is 5.26 Å². The number of thiophene rings is 1. The zero-order chi connectivity index (χ0) is 21.2. The first-order valence-electron chi connectivity index (χ1n) is 9.18. The average Bonchev–Trinajstić information content (AvgIpc) is 3.05. The molecule has 0 amide bonds. The van der Waals surface area contributed by atoms with E-state index in [4.69, 9.17) is 22.1 Å². The number of hydrogen-bond donors (Lipinski definition) is 2. The number of aromatic amines is 1. The van der Waals surface area contributed by atoms with E-state index < -0.39 is 5.92 Å². The molecule has 0 saturated heterocycles. The highest BCUT2D eigenvalue weighted by Gasteiger charge is 2.35. The van der Waals surface area contributed by atoms with Gasteiger partial charge in [-0.25, -0.2) is 4.98 Å². The lowest BCUT2D eigenvalue weighted by Gasteiger charge is -2.26. The Morgan fingerprint density at radius 2 is 2.13 bits per heavy atom. The van der Waals surface area contributed by atoms with Gasteiger partial charge in [-0.3, -0.25) is 4.79 Å². The molecule has 6 nitrogen and oxygen atoms in total. The summed E-state index contributed by atoms with van der Waals surface area (Å²) in [5.74, 6) is -0.318. The summed E-state index contributed by atoms with van der Waals surface area (Å²) in [7, 11) is 0. The summed E-state index contributed by atoms with van der Waals surface area (Å²) in [6.07, 6.45) is 0. The summed E-state index contributed by atoms with van der Waals surface area (Å²) < 4.78 is 6.62. The Morgan fingerprint density at radius 1 is 1.33 bits per heavy atom. The van der Waals surface area contributed by atoms with Gasteiger partial charge in [0.1, 0.15) is 16.5 Å². The molecule has 5 rings (SSSR count). The van der Waals surface area contributed by atoms with Gasteiger partial charge in [-0.1, -0.05) is 23.7 Å². The molecule has 3 N–H and O–H groups in total. The maximum Gasteiger partial charge on any atom is 0.256 e. The lowest BCUT2D eigenvalue weighted by atomic mass is 9.84. The van der Waals surface area contributed by atoms with Gasteiger partial charge in [-0.05, 0) is 43.2 Å². The number of nitrogens with one attached hydrogen (secondary N) is 1. The Hall–Kier alpha value is -3.34. The van der Waals surface area contributed by atoms with Crippen molar-refractivity contribution in [2.45, 2.75) is 19.8 Å². The molecule has 4 aromatic rings. The average molecular weight is 435 g/mol. The van der Waals surface area contributed by atoms with Gasteiger partial charge >= 0.3 is 0 Å². The van der Waals surface area contributed by atoms with E-state index in [1.54, 1.807) is 18.2 Å². The normalized spacial score (nSPS) is 15.9. The number of aromatic nitrogens is 2. The molecule has 1 aliphatic heterocycles. The highest BCUT2D eigenvalue weighted by Crippen LogP contribution is 2.47. The summed E-state index contributed by atoms with van der Waals surface area (Å²) >= 11 is 7.62. The fraction of sp³-hybridized carbons (Fsp3) is 0.136. The van der Waals surface area contributed by atoms with E-state index in [-0.39, 0.29) is 17.0 Å². The molecule has 1 atom stereocenters. The summed E-state index contributed by atoms with van der Waals surface area (Å²) in [4.78, 5) is 21.7. The quantitative estimate of drug-likeness (QED) is 0.454. The van der Waals surface area contributed by atoms with Gasteiger partial charge in [-0.15, -0.1) is 11.3 Å². The monoisotopic (exact) mass is 434 g/mol. The third kappa shape index (κ3) is 2.61. The number of ether oxygens (including phenoxy) is 1. The molecule has 1 aromatic carbocycles. The molecule has 4 heterocycles. The van der Waals surface area contributed by atoms with Gasteiger partial charge in [0.05, 0.1) is 21.7 Å². The number of H-pyrrole nitrogens is 1. The van der Waals surface area contributed by atoms with Crippen LogP contribution in [0.2, 0.25) is 5.02 Å². The lowest BCUT2D eigenvalue weighted by molar-refractivity contribution is 0.397. The number of pyridine rings is 2. The van der Waals surface area contributed by atoms with E-state index in [0.29, 0.717) is 27.4 Å². The Bertz CT molecular complexity index is 1510. The Morgan fingerprint density at radius 3 is 2.87 bits per heavy atom. The molecule has 8 heteroatoms. The number of benzene rings is 1. The molecule has 30 heavy (non-hydrogen) atoms. The van der Waals surface area contributed by atoms with Crippen LogP contribution in [0.1, 0.15) is 28.3 Å². The van der Waals surface area contributed by atoms with Crippen molar-refractivity contribution < 1.29 is 4.74 Å². The highest BCUT2D eigenvalue weighted by atomic mass is 35.5. The third-order valence-electron chi connectivity index (χ3n) is 5.28. The number of fused-ring (bicyclic) bond motifs is 5. The molecule has 3 aromatic heterocycles. The van der Waals surface area contributed by atoms with Crippen LogP contribution in [-0.2, 0) is 0 Å². The molecule has 0 bridgehead atoms. The Balaban J connectivity index is 1.91.